The molecular weight excluding hydrogens is 336 g/mol. The molecule has 0 aromatic carbocycles. The molecule has 9 atom stereocenters. The highest BCUT2D eigenvalue weighted by Gasteiger charge is 2.77. The van der Waals surface area contributed by atoms with Crippen LogP contribution in [-0.2, 0) is 14.3 Å². The monoisotopic (exact) mass is 372 g/mol. The second-order valence-corrected chi connectivity index (χ2v) is 11.3. The zero-order valence-corrected chi connectivity index (χ0v) is 17.6. The predicted molar refractivity (Wildman–Crippen MR) is 104 cm³/mol. The van der Waals surface area contributed by atoms with Crippen molar-refractivity contribution in [3.05, 3.63) is 0 Å². The summed E-state index contributed by atoms with van der Waals surface area (Å²) in [6, 6.07) is 0. The van der Waals surface area contributed by atoms with Gasteiger partial charge in [-0.2, -0.15) is 0 Å². The number of Topliss-reactive ketones (excluding diaryl/α,β-unsaturated/α-hetero) is 1. The van der Waals surface area contributed by atoms with Crippen molar-refractivity contribution >= 4 is 11.8 Å². The molecule has 5 saturated carbocycles. The summed E-state index contributed by atoms with van der Waals surface area (Å²) in [6.07, 6.45) is 9.79. The molecule has 27 heavy (non-hydrogen) atoms. The van der Waals surface area contributed by atoms with Gasteiger partial charge in [0.15, 0.2) is 0 Å². The number of ketones is 1. The Labute approximate surface area is 164 Å². The first-order valence-corrected chi connectivity index (χ1v) is 11.4. The van der Waals surface area contributed by atoms with E-state index in [0.29, 0.717) is 46.9 Å². The molecule has 0 saturated heterocycles. The van der Waals surface area contributed by atoms with Gasteiger partial charge in [-0.3, -0.25) is 9.59 Å². The third-order valence-corrected chi connectivity index (χ3v) is 10.6. The highest BCUT2D eigenvalue weighted by atomic mass is 16.5. The Morgan fingerprint density at radius 2 is 1.93 bits per heavy atom. The maximum absolute atomic E-state index is 13.3. The molecule has 5 aliphatic carbocycles. The highest BCUT2D eigenvalue weighted by Crippen LogP contribution is 2.80. The lowest BCUT2D eigenvalue weighted by atomic mass is 9.45. The van der Waals surface area contributed by atoms with E-state index in [9.17, 15) is 9.59 Å². The lowest BCUT2D eigenvalue weighted by Gasteiger charge is -2.58. The minimum atomic E-state index is -0.165. The fourth-order valence-corrected chi connectivity index (χ4v) is 9.35. The quantitative estimate of drug-likeness (QED) is 0.653. The Morgan fingerprint density at radius 1 is 1.15 bits per heavy atom. The molecular formula is C24H36O3. The van der Waals surface area contributed by atoms with E-state index in [2.05, 4.69) is 20.8 Å². The number of carbonyl (C=O) groups is 2. The average Bonchev–Trinajstić information content (AvgIpc) is 3.14. The van der Waals surface area contributed by atoms with Crippen molar-refractivity contribution in [1.29, 1.82) is 0 Å². The predicted octanol–water partition coefficient (Wildman–Crippen LogP) is 5.02. The van der Waals surface area contributed by atoms with Gasteiger partial charge in [0.1, 0.15) is 5.78 Å². The van der Waals surface area contributed by atoms with Crippen LogP contribution in [0.15, 0.2) is 0 Å². The van der Waals surface area contributed by atoms with E-state index in [1.54, 1.807) is 0 Å². The third kappa shape index (κ3) is 2.15. The minimum Gasteiger partial charge on any atom is -0.466 e. The number of ether oxygens (including phenoxy) is 1. The van der Waals surface area contributed by atoms with Gasteiger partial charge < -0.3 is 4.74 Å². The first-order chi connectivity index (χ1) is 12.7. The van der Waals surface area contributed by atoms with Crippen LogP contribution >= 0.6 is 0 Å². The van der Waals surface area contributed by atoms with Gasteiger partial charge in [0.2, 0.25) is 0 Å². The van der Waals surface area contributed by atoms with Crippen LogP contribution in [0.25, 0.3) is 0 Å². The van der Waals surface area contributed by atoms with Crippen LogP contribution in [0.2, 0.25) is 0 Å². The average molecular weight is 373 g/mol. The molecule has 3 heteroatoms. The SMILES string of the molecule is CC(=O)OC[C@@H](C)[C@H]1CC[C@H]2[C@@H]3CC(=O)[C@]45C[C@@H]4CC[C@]5(C)[C@H]3CC[C@]12C. The first-order valence-electron chi connectivity index (χ1n) is 11.4. The summed E-state index contributed by atoms with van der Waals surface area (Å²) in [5, 5.41) is 0. The Hall–Kier alpha value is -0.860. The van der Waals surface area contributed by atoms with Crippen molar-refractivity contribution < 1.29 is 14.3 Å². The van der Waals surface area contributed by atoms with Crippen LogP contribution in [0.3, 0.4) is 0 Å². The van der Waals surface area contributed by atoms with Gasteiger partial charge in [0.25, 0.3) is 0 Å². The number of hydrogen-bond donors (Lipinski definition) is 0. The Morgan fingerprint density at radius 3 is 2.63 bits per heavy atom. The molecule has 5 rings (SSSR count). The largest absolute Gasteiger partial charge is 0.466 e. The number of esters is 1. The lowest BCUT2D eigenvalue weighted by Crippen LogP contribution is -2.55. The van der Waals surface area contributed by atoms with Gasteiger partial charge in [0, 0.05) is 18.8 Å². The van der Waals surface area contributed by atoms with Gasteiger partial charge >= 0.3 is 5.97 Å². The number of rotatable bonds is 3. The molecule has 1 spiro atoms. The molecule has 0 aliphatic heterocycles. The van der Waals surface area contributed by atoms with Crippen molar-refractivity contribution in [3.8, 4) is 0 Å². The fourth-order valence-electron chi connectivity index (χ4n) is 9.35. The van der Waals surface area contributed by atoms with Crippen LogP contribution in [-0.4, -0.2) is 18.4 Å². The topological polar surface area (TPSA) is 43.4 Å². The zero-order valence-electron chi connectivity index (χ0n) is 17.6. The number of carbonyl (C=O) groups excluding carboxylic acids is 2. The number of fused-ring (bicyclic) bond motifs is 4. The molecule has 0 bridgehead atoms. The van der Waals surface area contributed by atoms with E-state index in [0.717, 1.165) is 18.3 Å². The Balaban J connectivity index is 1.40. The standard InChI is InChI=1S/C24H36O3/c1-14(13-27-15(2)25)18-5-6-19-17-11-21(26)24-12-16(24)7-10-23(24,4)20(17)8-9-22(18,19)3/h14,16-20H,5-13H2,1-4H3/t14-,16+,17+,18-,19+,20+,22-,23-,24+/m1/s1. The molecule has 0 N–H and O–H groups in total. The summed E-state index contributed by atoms with van der Waals surface area (Å²) >= 11 is 0. The van der Waals surface area contributed by atoms with Crippen LogP contribution in [0, 0.1) is 51.8 Å². The molecule has 0 amide bonds. The van der Waals surface area contributed by atoms with E-state index < -0.39 is 0 Å². The summed E-state index contributed by atoms with van der Waals surface area (Å²) < 4.78 is 5.36. The minimum absolute atomic E-state index is 0.0997. The van der Waals surface area contributed by atoms with E-state index >= 15 is 0 Å². The van der Waals surface area contributed by atoms with E-state index in [-0.39, 0.29) is 11.4 Å². The van der Waals surface area contributed by atoms with Crippen LogP contribution in [0.5, 0.6) is 0 Å². The summed E-state index contributed by atoms with van der Waals surface area (Å²) in [7, 11) is 0. The van der Waals surface area contributed by atoms with Crippen molar-refractivity contribution in [2.24, 2.45) is 51.8 Å². The van der Waals surface area contributed by atoms with Crippen molar-refractivity contribution in [2.75, 3.05) is 6.61 Å². The smallest absolute Gasteiger partial charge is 0.302 e. The number of hydrogen-bond acceptors (Lipinski definition) is 3. The van der Waals surface area contributed by atoms with Gasteiger partial charge in [-0.1, -0.05) is 20.8 Å². The maximum Gasteiger partial charge on any atom is 0.302 e. The van der Waals surface area contributed by atoms with Gasteiger partial charge in [-0.15, -0.1) is 0 Å². The van der Waals surface area contributed by atoms with Crippen molar-refractivity contribution in [3.63, 3.8) is 0 Å². The molecule has 0 aromatic heterocycles. The second kappa shape index (κ2) is 5.60. The highest BCUT2D eigenvalue weighted by molar-refractivity contribution is 5.91. The van der Waals surface area contributed by atoms with Gasteiger partial charge in [-0.25, -0.2) is 0 Å². The summed E-state index contributed by atoms with van der Waals surface area (Å²) in [4.78, 5) is 24.6. The normalized spacial score (nSPS) is 53.8. The third-order valence-electron chi connectivity index (χ3n) is 10.6. The molecule has 150 valence electrons. The van der Waals surface area contributed by atoms with Gasteiger partial charge in [-0.05, 0) is 91.3 Å². The van der Waals surface area contributed by atoms with Crippen LogP contribution in [0.4, 0.5) is 0 Å². The van der Waals surface area contributed by atoms with Crippen molar-refractivity contribution in [2.45, 2.75) is 79.1 Å². The van der Waals surface area contributed by atoms with Crippen LogP contribution < -0.4 is 0 Å². The summed E-state index contributed by atoms with van der Waals surface area (Å²) in [6.45, 7) is 9.32. The van der Waals surface area contributed by atoms with E-state index in [4.69, 9.17) is 4.74 Å². The molecule has 0 heterocycles. The summed E-state index contributed by atoms with van der Waals surface area (Å²) in [5.41, 5.74) is 0.715. The molecule has 0 unspecified atom stereocenters. The van der Waals surface area contributed by atoms with E-state index in [1.807, 2.05) is 0 Å². The maximum atomic E-state index is 13.3. The molecule has 0 radical (unpaired) electrons. The Kier molecular flexibility index (Phi) is 3.77. The second-order valence-electron chi connectivity index (χ2n) is 11.3. The molecule has 3 nitrogen and oxygen atoms in total. The van der Waals surface area contributed by atoms with E-state index in [1.165, 1.54) is 51.9 Å². The molecule has 5 fully saturated rings. The molecule has 5 aliphatic rings. The van der Waals surface area contributed by atoms with Gasteiger partial charge in [0.05, 0.1) is 6.61 Å². The zero-order chi connectivity index (χ0) is 19.2. The summed E-state index contributed by atoms with van der Waals surface area (Å²) in [5.74, 6) is 4.30. The Bertz CT molecular complexity index is 685. The fraction of sp³-hybridized carbons (Fsp3) is 0.917. The lowest BCUT2D eigenvalue weighted by molar-refractivity contribution is -0.153. The van der Waals surface area contributed by atoms with Crippen molar-refractivity contribution in [1.82, 2.24) is 0 Å². The molecule has 0 aromatic rings. The first kappa shape index (κ1) is 18.2. The van der Waals surface area contributed by atoms with Crippen LogP contribution in [0.1, 0.15) is 79.1 Å².